The monoisotopic (exact) mass is 331 g/mol. The number of nitrogens with one attached hydrogen (secondary N) is 2. The van der Waals surface area contributed by atoms with Crippen LogP contribution in [0.3, 0.4) is 0 Å². The number of hydrogen-bond acceptors (Lipinski definition) is 3. The molecule has 5 heteroatoms. The van der Waals surface area contributed by atoms with Gasteiger partial charge in [-0.15, -0.1) is 11.3 Å². The van der Waals surface area contributed by atoms with Crippen molar-refractivity contribution in [2.45, 2.75) is 32.7 Å². The normalized spacial score (nSPS) is 12.2. The molecule has 23 heavy (non-hydrogen) atoms. The van der Waals surface area contributed by atoms with E-state index in [2.05, 4.69) is 53.9 Å². The van der Waals surface area contributed by atoms with Gasteiger partial charge in [0.25, 0.3) is 0 Å². The summed E-state index contributed by atoms with van der Waals surface area (Å²) in [5, 5.41) is 18.1. The maximum atomic E-state index is 9.32. The van der Waals surface area contributed by atoms with Crippen LogP contribution in [0, 0.1) is 0 Å². The third kappa shape index (κ3) is 5.28. The molecular formula is C18H25N3OS. The highest BCUT2D eigenvalue weighted by atomic mass is 32.1. The standard InChI is InChI=1S/C18H25N3OS/c1-4-19-17(20-12-14-7-9-15(22)10-8-14)21-13-18(2,3)16-6-5-11-23-16/h5-11,22H,4,12-13H2,1-3H3,(H2,19,20,21). The highest BCUT2D eigenvalue weighted by molar-refractivity contribution is 7.10. The topological polar surface area (TPSA) is 56.7 Å². The van der Waals surface area contributed by atoms with Crippen LogP contribution in [0.2, 0.25) is 0 Å². The lowest BCUT2D eigenvalue weighted by molar-refractivity contribution is 0.475. The average Bonchev–Trinajstić information content (AvgIpc) is 3.07. The molecule has 0 aliphatic carbocycles. The van der Waals surface area contributed by atoms with Crippen LogP contribution in [0.1, 0.15) is 31.2 Å². The minimum absolute atomic E-state index is 0.0584. The van der Waals surface area contributed by atoms with Crippen molar-refractivity contribution in [2.75, 3.05) is 13.1 Å². The van der Waals surface area contributed by atoms with E-state index in [1.54, 1.807) is 23.5 Å². The number of aromatic hydroxyl groups is 1. The molecule has 0 saturated heterocycles. The lowest BCUT2D eigenvalue weighted by atomic mass is 9.91. The number of guanidine groups is 1. The van der Waals surface area contributed by atoms with E-state index >= 15 is 0 Å². The van der Waals surface area contributed by atoms with Crippen LogP contribution < -0.4 is 10.6 Å². The van der Waals surface area contributed by atoms with Crippen molar-refractivity contribution in [3.05, 3.63) is 52.2 Å². The fraction of sp³-hybridized carbons (Fsp3) is 0.389. The van der Waals surface area contributed by atoms with Crippen LogP contribution in [0.5, 0.6) is 5.75 Å². The Morgan fingerprint density at radius 2 is 1.91 bits per heavy atom. The quantitative estimate of drug-likeness (QED) is 0.561. The Hall–Kier alpha value is -2.01. The number of aliphatic imine (C=N–C) groups is 1. The van der Waals surface area contributed by atoms with E-state index in [4.69, 9.17) is 0 Å². The Balaban J connectivity index is 1.97. The van der Waals surface area contributed by atoms with Gasteiger partial charge in [0.05, 0.1) is 6.54 Å². The Bertz CT molecular complexity index is 618. The molecule has 0 unspecified atom stereocenters. The first kappa shape index (κ1) is 17.3. The molecule has 1 aromatic carbocycles. The predicted molar refractivity (Wildman–Crippen MR) is 98.3 cm³/mol. The maximum Gasteiger partial charge on any atom is 0.191 e. The number of nitrogens with zero attached hydrogens (tertiary/aromatic N) is 1. The van der Waals surface area contributed by atoms with Crippen LogP contribution in [-0.4, -0.2) is 24.2 Å². The van der Waals surface area contributed by atoms with Crippen molar-refractivity contribution < 1.29 is 5.11 Å². The van der Waals surface area contributed by atoms with Gasteiger partial charge in [0.2, 0.25) is 0 Å². The smallest absolute Gasteiger partial charge is 0.191 e. The molecule has 0 aliphatic heterocycles. The van der Waals surface area contributed by atoms with E-state index in [0.717, 1.165) is 24.6 Å². The maximum absolute atomic E-state index is 9.32. The number of phenolic OH excluding ortho intramolecular Hbond substituents is 1. The van der Waals surface area contributed by atoms with Crippen molar-refractivity contribution in [3.63, 3.8) is 0 Å². The molecule has 0 saturated carbocycles. The Morgan fingerprint density at radius 3 is 2.52 bits per heavy atom. The van der Waals surface area contributed by atoms with Gasteiger partial charge >= 0.3 is 0 Å². The number of hydrogen-bond donors (Lipinski definition) is 3. The molecule has 0 atom stereocenters. The zero-order chi connectivity index (χ0) is 16.7. The molecule has 2 aromatic rings. The largest absolute Gasteiger partial charge is 0.508 e. The SMILES string of the molecule is CCNC(=NCc1ccc(O)cc1)NCC(C)(C)c1cccs1. The first-order chi connectivity index (χ1) is 11.0. The van der Waals surface area contributed by atoms with Crippen molar-refractivity contribution in [1.29, 1.82) is 0 Å². The minimum Gasteiger partial charge on any atom is -0.508 e. The lowest BCUT2D eigenvalue weighted by Gasteiger charge is -2.25. The number of phenols is 1. The molecule has 2 rings (SSSR count). The molecule has 124 valence electrons. The second kappa shape index (κ2) is 8.02. The zero-order valence-corrected chi connectivity index (χ0v) is 14.8. The molecule has 3 N–H and O–H groups in total. The van der Waals surface area contributed by atoms with Gasteiger partial charge in [-0.1, -0.05) is 32.0 Å². The van der Waals surface area contributed by atoms with Crippen LogP contribution >= 0.6 is 11.3 Å². The van der Waals surface area contributed by atoms with Crippen molar-refractivity contribution in [2.24, 2.45) is 4.99 Å². The van der Waals surface area contributed by atoms with Crippen LogP contribution in [0.4, 0.5) is 0 Å². The summed E-state index contributed by atoms with van der Waals surface area (Å²) in [4.78, 5) is 5.97. The molecule has 0 amide bonds. The first-order valence-electron chi connectivity index (χ1n) is 7.85. The van der Waals surface area contributed by atoms with E-state index in [1.807, 2.05) is 12.1 Å². The Morgan fingerprint density at radius 1 is 1.17 bits per heavy atom. The lowest BCUT2D eigenvalue weighted by Crippen LogP contribution is -2.43. The van der Waals surface area contributed by atoms with Crippen molar-refractivity contribution >= 4 is 17.3 Å². The van der Waals surface area contributed by atoms with Gasteiger partial charge < -0.3 is 15.7 Å². The third-order valence-electron chi connectivity index (χ3n) is 3.59. The fourth-order valence-corrected chi connectivity index (χ4v) is 3.02. The van der Waals surface area contributed by atoms with E-state index in [-0.39, 0.29) is 11.2 Å². The van der Waals surface area contributed by atoms with E-state index in [0.29, 0.717) is 6.54 Å². The summed E-state index contributed by atoms with van der Waals surface area (Å²) in [6.07, 6.45) is 0. The van der Waals surface area contributed by atoms with Gasteiger partial charge in [-0.25, -0.2) is 4.99 Å². The van der Waals surface area contributed by atoms with Gasteiger partial charge in [0.1, 0.15) is 5.75 Å². The van der Waals surface area contributed by atoms with Gasteiger partial charge in [-0.3, -0.25) is 0 Å². The van der Waals surface area contributed by atoms with Crippen LogP contribution in [0.25, 0.3) is 0 Å². The van der Waals surface area contributed by atoms with E-state index in [9.17, 15) is 5.11 Å². The molecule has 0 bridgehead atoms. The second-order valence-corrected chi connectivity index (χ2v) is 7.02. The van der Waals surface area contributed by atoms with Gasteiger partial charge in [0, 0.05) is 23.4 Å². The molecule has 0 spiro atoms. The highest BCUT2D eigenvalue weighted by Crippen LogP contribution is 2.26. The van der Waals surface area contributed by atoms with Crippen LogP contribution in [0.15, 0.2) is 46.8 Å². The summed E-state index contributed by atoms with van der Waals surface area (Å²) in [5.41, 5.74) is 1.13. The fourth-order valence-electron chi connectivity index (χ4n) is 2.17. The van der Waals surface area contributed by atoms with Gasteiger partial charge in [-0.05, 0) is 36.1 Å². The van der Waals surface area contributed by atoms with Crippen molar-refractivity contribution in [1.82, 2.24) is 10.6 Å². The molecule has 0 fully saturated rings. The zero-order valence-electron chi connectivity index (χ0n) is 14.0. The van der Waals surface area contributed by atoms with E-state index < -0.39 is 0 Å². The summed E-state index contributed by atoms with van der Waals surface area (Å²) < 4.78 is 0. The van der Waals surface area contributed by atoms with E-state index in [1.165, 1.54) is 4.88 Å². The molecule has 0 aliphatic rings. The summed E-state index contributed by atoms with van der Waals surface area (Å²) >= 11 is 1.78. The predicted octanol–water partition coefficient (Wildman–Crippen LogP) is 3.49. The van der Waals surface area contributed by atoms with Crippen molar-refractivity contribution in [3.8, 4) is 5.75 Å². The number of thiophene rings is 1. The summed E-state index contributed by atoms with van der Waals surface area (Å²) in [5.74, 6) is 1.09. The first-order valence-corrected chi connectivity index (χ1v) is 8.73. The summed E-state index contributed by atoms with van der Waals surface area (Å²) in [6.45, 7) is 8.73. The van der Waals surface area contributed by atoms with Gasteiger partial charge in [-0.2, -0.15) is 0 Å². The average molecular weight is 331 g/mol. The Labute approximate surface area is 142 Å². The highest BCUT2D eigenvalue weighted by Gasteiger charge is 2.21. The molecule has 1 aromatic heterocycles. The molecule has 1 heterocycles. The second-order valence-electron chi connectivity index (χ2n) is 6.08. The molecule has 4 nitrogen and oxygen atoms in total. The number of rotatable bonds is 6. The Kier molecular flexibility index (Phi) is 6.04. The third-order valence-corrected chi connectivity index (χ3v) is 4.82. The van der Waals surface area contributed by atoms with Crippen LogP contribution in [-0.2, 0) is 12.0 Å². The molecule has 0 radical (unpaired) electrons. The number of benzene rings is 1. The summed E-state index contributed by atoms with van der Waals surface area (Å²) in [6, 6.07) is 11.4. The minimum atomic E-state index is 0.0584. The summed E-state index contributed by atoms with van der Waals surface area (Å²) in [7, 11) is 0. The van der Waals surface area contributed by atoms with Gasteiger partial charge in [0.15, 0.2) is 5.96 Å². The molecular weight excluding hydrogens is 306 g/mol.